The molecule has 0 saturated carbocycles. The van der Waals surface area contributed by atoms with Crippen molar-refractivity contribution in [3.8, 4) is 0 Å². The SMILES string of the molecule is Cc1ccc(CNC2CCc3cc(Br)ccc32)s1. The van der Waals surface area contributed by atoms with Gasteiger partial charge in [-0.25, -0.2) is 0 Å². The summed E-state index contributed by atoms with van der Waals surface area (Å²) in [5, 5.41) is 3.68. The lowest BCUT2D eigenvalue weighted by atomic mass is 10.1. The molecule has 0 saturated heterocycles. The van der Waals surface area contributed by atoms with E-state index in [0.717, 1.165) is 6.54 Å². The van der Waals surface area contributed by atoms with Gasteiger partial charge in [0.15, 0.2) is 0 Å². The summed E-state index contributed by atoms with van der Waals surface area (Å²) in [5.74, 6) is 0. The van der Waals surface area contributed by atoms with E-state index in [1.807, 2.05) is 11.3 Å². The third kappa shape index (κ3) is 2.53. The average Bonchev–Trinajstić information content (AvgIpc) is 2.92. The summed E-state index contributed by atoms with van der Waals surface area (Å²) in [4.78, 5) is 2.82. The van der Waals surface area contributed by atoms with Crippen LogP contribution in [0.2, 0.25) is 0 Å². The molecule has 3 rings (SSSR count). The molecule has 94 valence electrons. The number of aryl methyl sites for hydroxylation is 2. The summed E-state index contributed by atoms with van der Waals surface area (Å²) in [6.07, 6.45) is 2.41. The van der Waals surface area contributed by atoms with Gasteiger partial charge in [0.1, 0.15) is 0 Å². The van der Waals surface area contributed by atoms with Crippen molar-refractivity contribution < 1.29 is 0 Å². The van der Waals surface area contributed by atoms with E-state index in [0.29, 0.717) is 6.04 Å². The van der Waals surface area contributed by atoms with Gasteiger partial charge in [0.2, 0.25) is 0 Å². The highest BCUT2D eigenvalue weighted by Crippen LogP contribution is 2.33. The van der Waals surface area contributed by atoms with E-state index >= 15 is 0 Å². The van der Waals surface area contributed by atoms with Gasteiger partial charge in [0, 0.05) is 26.8 Å². The lowest BCUT2D eigenvalue weighted by molar-refractivity contribution is 0.533. The van der Waals surface area contributed by atoms with Crippen molar-refractivity contribution in [1.29, 1.82) is 0 Å². The molecule has 1 aromatic carbocycles. The summed E-state index contributed by atoms with van der Waals surface area (Å²) in [7, 11) is 0. The Hall–Kier alpha value is -0.640. The van der Waals surface area contributed by atoms with Gasteiger partial charge in [-0.1, -0.05) is 22.0 Å². The molecular weight excluding hydrogens is 306 g/mol. The minimum Gasteiger partial charge on any atom is -0.305 e. The summed E-state index contributed by atoms with van der Waals surface area (Å²) >= 11 is 5.43. The molecule has 1 aromatic heterocycles. The van der Waals surface area contributed by atoms with Crippen LogP contribution in [0.3, 0.4) is 0 Å². The van der Waals surface area contributed by atoms with Crippen LogP contribution in [0.1, 0.15) is 33.3 Å². The first-order valence-electron chi connectivity index (χ1n) is 6.29. The third-order valence-corrected chi connectivity index (χ3v) is 5.00. The quantitative estimate of drug-likeness (QED) is 0.871. The minimum absolute atomic E-state index is 0.524. The zero-order valence-electron chi connectivity index (χ0n) is 10.4. The minimum atomic E-state index is 0.524. The molecule has 1 N–H and O–H groups in total. The van der Waals surface area contributed by atoms with Crippen LogP contribution in [0.15, 0.2) is 34.8 Å². The van der Waals surface area contributed by atoms with Gasteiger partial charge in [-0.15, -0.1) is 11.3 Å². The highest BCUT2D eigenvalue weighted by atomic mass is 79.9. The Morgan fingerprint density at radius 1 is 1.33 bits per heavy atom. The lowest BCUT2D eigenvalue weighted by Crippen LogP contribution is -2.17. The Kier molecular flexibility index (Phi) is 3.55. The van der Waals surface area contributed by atoms with Crippen LogP contribution >= 0.6 is 27.3 Å². The maximum atomic E-state index is 3.68. The van der Waals surface area contributed by atoms with Crippen molar-refractivity contribution in [2.75, 3.05) is 0 Å². The maximum Gasteiger partial charge on any atom is 0.0329 e. The standard InChI is InChI=1S/C15H16BrNS/c1-10-2-5-13(18-10)9-17-15-7-3-11-8-12(16)4-6-14(11)15/h2,4-6,8,15,17H,3,7,9H2,1H3. The molecule has 1 aliphatic carbocycles. The number of thiophene rings is 1. The van der Waals surface area contributed by atoms with Crippen molar-refractivity contribution in [2.24, 2.45) is 0 Å². The first-order chi connectivity index (χ1) is 8.72. The fraction of sp³-hybridized carbons (Fsp3) is 0.333. The van der Waals surface area contributed by atoms with Crippen molar-refractivity contribution in [3.63, 3.8) is 0 Å². The molecule has 0 amide bonds. The fourth-order valence-corrected chi connectivity index (χ4v) is 3.85. The van der Waals surface area contributed by atoms with E-state index in [4.69, 9.17) is 0 Å². The van der Waals surface area contributed by atoms with E-state index in [2.05, 4.69) is 58.5 Å². The van der Waals surface area contributed by atoms with Crippen LogP contribution in [-0.4, -0.2) is 0 Å². The van der Waals surface area contributed by atoms with Crippen LogP contribution < -0.4 is 5.32 Å². The molecule has 1 heterocycles. The fourth-order valence-electron chi connectivity index (χ4n) is 2.60. The van der Waals surface area contributed by atoms with Gasteiger partial charge in [-0.2, -0.15) is 0 Å². The largest absolute Gasteiger partial charge is 0.305 e. The topological polar surface area (TPSA) is 12.0 Å². The Balaban J connectivity index is 1.69. The van der Waals surface area contributed by atoms with E-state index in [1.54, 1.807) is 0 Å². The molecule has 1 aliphatic rings. The predicted molar refractivity (Wildman–Crippen MR) is 81.1 cm³/mol. The molecular formula is C15H16BrNS. The van der Waals surface area contributed by atoms with Gasteiger partial charge in [-0.05, 0) is 55.2 Å². The highest BCUT2D eigenvalue weighted by Gasteiger charge is 2.21. The normalized spacial score (nSPS) is 18.0. The van der Waals surface area contributed by atoms with Crippen LogP contribution in [0, 0.1) is 6.92 Å². The molecule has 1 unspecified atom stereocenters. The molecule has 1 atom stereocenters. The summed E-state index contributed by atoms with van der Waals surface area (Å²) < 4.78 is 1.19. The number of halogens is 1. The lowest BCUT2D eigenvalue weighted by Gasteiger charge is -2.13. The first kappa shape index (κ1) is 12.4. The van der Waals surface area contributed by atoms with Crippen molar-refractivity contribution in [3.05, 3.63) is 55.7 Å². The number of rotatable bonds is 3. The van der Waals surface area contributed by atoms with Crippen LogP contribution in [0.25, 0.3) is 0 Å². The van der Waals surface area contributed by atoms with Gasteiger partial charge >= 0.3 is 0 Å². The van der Waals surface area contributed by atoms with Gasteiger partial charge in [0.25, 0.3) is 0 Å². The van der Waals surface area contributed by atoms with Crippen molar-refractivity contribution in [1.82, 2.24) is 5.32 Å². The van der Waals surface area contributed by atoms with Crippen LogP contribution in [0.4, 0.5) is 0 Å². The van der Waals surface area contributed by atoms with E-state index in [-0.39, 0.29) is 0 Å². The number of benzene rings is 1. The summed E-state index contributed by atoms with van der Waals surface area (Å²) in [6, 6.07) is 11.6. The molecule has 0 aliphatic heterocycles. The monoisotopic (exact) mass is 321 g/mol. The number of nitrogens with one attached hydrogen (secondary N) is 1. The third-order valence-electron chi connectivity index (χ3n) is 3.50. The molecule has 18 heavy (non-hydrogen) atoms. The molecule has 0 fully saturated rings. The molecule has 1 nitrogen and oxygen atoms in total. The molecule has 0 spiro atoms. The molecule has 2 aromatic rings. The smallest absolute Gasteiger partial charge is 0.0329 e. The molecule has 0 bridgehead atoms. The summed E-state index contributed by atoms with van der Waals surface area (Å²) in [5.41, 5.74) is 2.97. The van der Waals surface area contributed by atoms with E-state index in [1.165, 1.54) is 38.2 Å². The van der Waals surface area contributed by atoms with Crippen molar-refractivity contribution >= 4 is 27.3 Å². The zero-order chi connectivity index (χ0) is 12.5. The van der Waals surface area contributed by atoms with Crippen LogP contribution in [-0.2, 0) is 13.0 Å². The van der Waals surface area contributed by atoms with Gasteiger partial charge < -0.3 is 5.32 Å². The Labute approximate surface area is 120 Å². The van der Waals surface area contributed by atoms with E-state index < -0.39 is 0 Å². The second-order valence-electron chi connectivity index (χ2n) is 4.83. The molecule has 0 radical (unpaired) electrons. The second-order valence-corrected chi connectivity index (χ2v) is 7.12. The second kappa shape index (κ2) is 5.16. The number of hydrogen-bond acceptors (Lipinski definition) is 2. The highest BCUT2D eigenvalue weighted by molar-refractivity contribution is 9.10. The zero-order valence-corrected chi connectivity index (χ0v) is 12.8. The Morgan fingerprint density at radius 2 is 2.22 bits per heavy atom. The molecule has 3 heteroatoms. The van der Waals surface area contributed by atoms with Crippen molar-refractivity contribution in [2.45, 2.75) is 32.4 Å². The van der Waals surface area contributed by atoms with E-state index in [9.17, 15) is 0 Å². The first-order valence-corrected chi connectivity index (χ1v) is 7.90. The predicted octanol–water partition coefficient (Wildman–Crippen LogP) is 4.60. The summed E-state index contributed by atoms with van der Waals surface area (Å²) in [6.45, 7) is 3.15. The maximum absolute atomic E-state index is 3.68. The average molecular weight is 322 g/mol. The number of fused-ring (bicyclic) bond motifs is 1. The Morgan fingerprint density at radius 3 is 3.00 bits per heavy atom. The van der Waals surface area contributed by atoms with Crippen LogP contribution in [0.5, 0.6) is 0 Å². The van der Waals surface area contributed by atoms with Gasteiger partial charge in [-0.3, -0.25) is 0 Å². The number of hydrogen-bond donors (Lipinski definition) is 1. The Bertz CT molecular complexity index is 561. The van der Waals surface area contributed by atoms with Gasteiger partial charge in [0.05, 0.1) is 0 Å².